The first-order valence-electron chi connectivity index (χ1n) is 16.8. The third-order valence-electron chi connectivity index (χ3n) is 10.7. The molecule has 4 aliphatic rings. The van der Waals surface area contributed by atoms with E-state index in [2.05, 4.69) is 28.2 Å². The summed E-state index contributed by atoms with van der Waals surface area (Å²) in [5.74, 6) is -0.168. The van der Waals surface area contributed by atoms with Gasteiger partial charge in [-0.3, -0.25) is 14.5 Å². The maximum absolute atomic E-state index is 14.1. The second kappa shape index (κ2) is 13.8. The molecule has 3 saturated heterocycles. The van der Waals surface area contributed by atoms with Gasteiger partial charge in [0.15, 0.2) is 6.10 Å². The summed E-state index contributed by atoms with van der Waals surface area (Å²) in [5.41, 5.74) is 10.1. The lowest BCUT2D eigenvalue weighted by molar-refractivity contribution is -0.143. The van der Waals surface area contributed by atoms with E-state index >= 15 is 0 Å². The number of aryl methyl sites for hydroxylation is 1. The van der Waals surface area contributed by atoms with Crippen molar-refractivity contribution in [3.63, 3.8) is 0 Å². The number of nitrogens with two attached hydrogens (primary N) is 1. The first-order chi connectivity index (χ1) is 22.2. The summed E-state index contributed by atoms with van der Waals surface area (Å²) >= 11 is 6.48. The molecule has 11 heteroatoms. The number of amides is 3. The number of nitrogens with zero attached hydrogens (tertiary/aromatic N) is 4. The van der Waals surface area contributed by atoms with Gasteiger partial charge in [-0.05, 0) is 81.1 Å². The van der Waals surface area contributed by atoms with Gasteiger partial charge in [0, 0.05) is 69.3 Å². The molecule has 10 nitrogen and oxygen atoms in total. The van der Waals surface area contributed by atoms with Crippen LogP contribution in [-0.4, -0.2) is 109 Å². The Morgan fingerprint density at radius 2 is 1.72 bits per heavy atom. The molecule has 1 atom stereocenters. The minimum atomic E-state index is -0.983. The van der Waals surface area contributed by atoms with Gasteiger partial charge in [-0.2, -0.15) is 0 Å². The molecule has 1 spiro atoms. The van der Waals surface area contributed by atoms with Crippen molar-refractivity contribution in [2.45, 2.75) is 69.4 Å². The molecule has 6 rings (SSSR count). The fourth-order valence-corrected chi connectivity index (χ4v) is 8.08. The highest BCUT2D eigenvalue weighted by Gasteiger charge is 2.44. The highest BCUT2D eigenvalue weighted by atomic mass is 35.5. The van der Waals surface area contributed by atoms with Gasteiger partial charge in [-0.25, -0.2) is 4.79 Å². The van der Waals surface area contributed by atoms with Crippen LogP contribution < -0.4 is 11.1 Å². The fourth-order valence-electron chi connectivity index (χ4n) is 7.82. The zero-order chi connectivity index (χ0) is 32.4. The summed E-state index contributed by atoms with van der Waals surface area (Å²) in [6.07, 6.45) is 3.44. The minimum Gasteiger partial charge on any atom is -0.436 e. The van der Waals surface area contributed by atoms with Gasteiger partial charge in [0.1, 0.15) is 0 Å². The molecule has 0 aliphatic carbocycles. The highest BCUT2D eigenvalue weighted by Crippen LogP contribution is 2.45. The van der Waals surface area contributed by atoms with Crippen LogP contribution in [-0.2, 0) is 32.6 Å². The van der Waals surface area contributed by atoms with E-state index < -0.39 is 12.2 Å². The van der Waals surface area contributed by atoms with Crippen LogP contribution in [0.3, 0.4) is 0 Å². The van der Waals surface area contributed by atoms with Crippen LogP contribution in [0.2, 0.25) is 5.02 Å². The van der Waals surface area contributed by atoms with Crippen molar-refractivity contribution in [1.29, 1.82) is 0 Å². The standard InChI is InChI=1S/C35H47ClN6O4/c1-3-25-20-24(21-28(36)32(25)37)22-30(33(44)41-18-16-40(17-19-41)26-8-12-39(2)13-9-26)46-34(45)42-14-10-35(11-15-42)23-31(43)38-29-7-5-4-6-27(29)35/h4-7,20-21,26,30H,3,8-19,22-23,37H2,1-2H3,(H,38,43)/t30-/m1/s1. The van der Waals surface area contributed by atoms with Crippen molar-refractivity contribution in [2.75, 3.05) is 70.5 Å². The van der Waals surface area contributed by atoms with Crippen LogP contribution in [0.5, 0.6) is 0 Å². The van der Waals surface area contributed by atoms with Crippen molar-refractivity contribution < 1.29 is 19.1 Å². The number of rotatable bonds is 6. The molecule has 4 heterocycles. The molecule has 248 valence electrons. The van der Waals surface area contributed by atoms with E-state index in [0.29, 0.717) is 68.6 Å². The van der Waals surface area contributed by atoms with Crippen LogP contribution in [0.15, 0.2) is 36.4 Å². The molecule has 0 aromatic heterocycles. The molecule has 0 unspecified atom stereocenters. The average Bonchev–Trinajstić information content (AvgIpc) is 3.06. The third-order valence-corrected chi connectivity index (χ3v) is 11.0. The van der Waals surface area contributed by atoms with E-state index in [1.165, 1.54) is 0 Å². The number of anilines is 2. The van der Waals surface area contributed by atoms with E-state index in [9.17, 15) is 14.4 Å². The molecule has 2 aromatic carbocycles. The number of hydrogen-bond donors (Lipinski definition) is 2. The van der Waals surface area contributed by atoms with E-state index in [1.807, 2.05) is 36.1 Å². The number of halogens is 1. The first-order valence-corrected chi connectivity index (χ1v) is 17.2. The molecule has 2 aromatic rings. The molecule has 3 fully saturated rings. The van der Waals surface area contributed by atoms with Crippen molar-refractivity contribution >= 4 is 40.9 Å². The van der Waals surface area contributed by atoms with Crippen LogP contribution in [0.4, 0.5) is 16.2 Å². The Morgan fingerprint density at radius 3 is 2.41 bits per heavy atom. The van der Waals surface area contributed by atoms with Gasteiger partial charge < -0.3 is 30.5 Å². The molecule has 3 N–H and O–H groups in total. The highest BCUT2D eigenvalue weighted by molar-refractivity contribution is 6.33. The molecule has 0 bridgehead atoms. The second-order valence-electron chi connectivity index (χ2n) is 13.5. The SMILES string of the molecule is CCc1cc(C[C@@H](OC(=O)N2CCC3(CC2)CC(=O)Nc2ccccc23)C(=O)N2CCN(C3CCN(C)CC3)CC2)cc(Cl)c1N. The van der Waals surface area contributed by atoms with Crippen LogP contribution in [0.25, 0.3) is 0 Å². The Morgan fingerprint density at radius 1 is 1.02 bits per heavy atom. The Hall–Kier alpha value is -3.34. The Kier molecular flexibility index (Phi) is 9.77. The largest absolute Gasteiger partial charge is 0.436 e. The summed E-state index contributed by atoms with van der Waals surface area (Å²) in [4.78, 5) is 48.8. The fraction of sp³-hybridized carbons (Fsp3) is 0.571. The maximum Gasteiger partial charge on any atom is 0.410 e. The number of likely N-dealkylation sites (tertiary alicyclic amines) is 2. The van der Waals surface area contributed by atoms with Gasteiger partial charge in [0.05, 0.1) is 10.7 Å². The number of carbonyl (C=O) groups excluding carboxylic acids is 3. The lowest BCUT2D eigenvalue weighted by atomic mass is 9.68. The van der Waals surface area contributed by atoms with E-state index in [0.717, 1.165) is 61.4 Å². The lowest BCUT2D eigenvalue weighted by Gasteiger charge is -2.44. The van der Waals surface area contributed by atoms with Gasteiger partial charge >= 0.3 is 6.09 Å². The number of fused-ring (bicyclic) bond motifs is 2. The summed E-state index contributed by atoms with van der Waals surface area (Å²) in [7, 11) is 2.17. The third kappa shape index (κ3) is 6.85. The monoisotopic (exact) mass is 650 g/mol. The van der Waals surface area contributed by atoms with Crippen LogP contribution in [0, 0.1) is 0 Å². The number of benzene rings is 2. The van der Waals surface area contributed by atoms with E-state index in [-0.39, 0.29) is 23.7 Å². The van der Waals surface area contributed by atoms with Crippen molar-refractivity contribution in [3.8, 4) is 0 Å². The van der Waals surface area contributed by atoms with Crippen molar-refractivity contribution in [2.24, 2.45) is 0 Å². The summed E-state index contributed by atoms with van der Waals surface area (Å²) in [6, 6.07) is 12.2. The predicted octanol–water partition coefficient (Wildman–Crippen LogP) is 4.15. The lowest BCUT2D eigenvalue weighted by Crippen LogP contribution is -2.56. The smallest absolute Gasteiger partial charge is 0.410 e. The van der Waals surface area contributed by atoms with Crippen molar-refractivity contribution in [1.82, 2.24) is 19.6 Å². The van der Waals surface area contributed by atoms with E-state index in [4.69, 9.17) is 22.1 Å². The number of piperidine rings is 2. The number of piperazine rings is 1. The number of nitrogen functional groups attached to an aromatic ring is 1. The van der Waals surface area contributed by atoms with Crippen LogP contribution in [0.1, 0.15) is 55.7 Å². The maximum atomic E-state index is 14.1. The molecule has 3 amide bonds. The zero-order valence-electron chi connectivity index (χ0n) is 27.1. The zero-order valence-corrected chi connectivity index (χ0v) is 27.9. The van der Waals surface area contributed by atoms with Crippen molar-refractivity contribution in [3.05, 3.63) is 58.1 Å². The quantitative estimate of drug-likeness (QED) is 0.452. The first kappa shape index (κ1) is 32.6. The Labute approximate surface area is 277 Å². The summed E-state index contributed by atoms with van der Waals surface area (Å²) in [5, 5.41) is 3.43. The number of carbonyl (C=O) groups is 3. The van der Waals surface area contributed by atoms with E-state index in [1.54, 1.807) is 11.0 Å². The molecular weight excluding hydrogens is 604 g/mol. The number of hydrogen-bond acceptors (Lipinski definition) is 7. The number of para-hydroxylation sites is 1. The molecule has 0 radical (unpaired) electrons. The topological polar surface area (TPSA) is 111 Å². The van der Waals surface area contributed by atoms with Gasteiger partial charge in [-0.1, -0.05) is 42.8 Å². The molecule has 46 heavy (non-hydrogen) atoms. The summed E-state index contributed by atoms with van der Waals surface area (Å²) in [6.45, 7) is 7.96. The number of ether oxygens (including phenoxy) is 1. The predicted molar refractivity (Wildman–Crippen MR) is 180 cm³/mol. The second-order valence-corrected chi connectivity index (χ2v) is 13.9. The summed E-state index contributed by atoms with van der Waals surface area (Å²) < 4.78 is 6.10. The van der Waals surface area contributed by atoms with Gasteiger partial charge in [-0.15, -0.1) is 0 Å². The normalized spacial score (nSPS) is 21.5. The Balaban J connectivity index is 1.15. The molecule has 0 saturated carbocycles. The van der Waals surface area contributed by atoms with Crippen LogP contribution >= 0.6 is 11.6 Å². The van der Waals surface area contributed by atoms with Gasteiger partial charge in [0.2, 0.25) is 5.91 Å². The number of nitrogens with one attached hydrogen (secondary N) is 1. The molecular formula is C35H47ClN6O4. The average molecular weight is 651 g/mol. The van der Waals surface area contributed by atoms with Gasteiger partial charge in [0.25, 0.3) is 5.91 Å². The minimum absolute atomic E-state index is 0.00455. The molecule has 4 aliphatic heterocycles. The Bertz CT molecular complexity index is 1440.